The average molecular weight is 115 g/mol. The zero-order valence-corrected chi connectivity index (χ0v) is 5.15. The summed E-state index contributed by atoms with van der Waals surface area (Å²) in [5.41, 5.74) is 0. The van der Waals surface area contributed by atoms with E-state index in [2.05, 4.69) is 19.4 Å². The van der Waals surface area contributed by atoms with Crippen molar-refractivity contribution < 1.29 is 0 Å². The van der Waals surface area contributed by atoms with Crippen molar-refractivity contribution in [1.29, 1.82) is 5.26 Å². The number of nitriles is 1. The van der Waals surface area contributed by atoms with Gasteiger partial charge in [-0.25, -0.2) is 0 Å². The molecule has 0 aliphatic carbocycles. The third-order valence-electron chi connectivity index (χ3n) is 0.427. The van der Waals surface area contributed by atoms with Crippen LogP contribution >= 0.6 is 9.39 Å². The van der Waals surface area contributed by atoms with Crippen molar-refractivity contribution >= 4 is 9.39 Å². The van der Waals surface area contributed by atoms with E-state index in [0.717, 1.165) is 0 Å². The predicted octanol–water partition coefficient (Wildman–Crippen LogP) is 1.14. The molecule has 7 heavy (non-hydrogen) atoms. The van der Waals surface area contributed by atoms with E-state index in [0.29, 0.717) is 0 Å². The topological polar surface area (TPSA) is 48.5 Å². The molecule has 0 radical (unpaired) electrons. The fraction of sp³-hybridized carbons (Fsp3) is 0.667. The molecule has 0 aliphatic rings. The van der Waals surface area contributed by atoms with Gasteiger partial charge in [0.1, 0.15) is 0 Å². The zero-order chi connectivity index (χ0) is 5.70. The third-order valence-corrected chi connectivity index (χ3v) is 0.560. The second-order valence-electron chi connectivity index (χ2n) is 1.04. The number of hydrogen-bond donors (Lipinski definition) is 0. The molecule has 0 aromatic heterocycles. The van der Waals surface area contributed by atoms with Gasteiger partial charge in [0.25, 0.3) is 0 Å². The molecule has 0 saturated heterocycles. The van der Waals surface area contributed by atoms with Gasteiger partial charge in [0, 0.05) is 9.39 Å². The first-order valence-corrected chi connectivity index (χ1v) is 2.32. The van der Waals surface area contributed by atoms with Gasteiger partial charge in [-0.15, -0.1) is 0 Å². The lowest BCUT2D eigenvalue weighted by molar-refractivity contribution is 0.885. The third kappa shape index (κ3) is 3.35. The largest absolute Gasteiger partial charge is 0.196 e. The quantitative estimate of drug-likeness (QED) is 0.373. The molecule has 0 heterocycles. The average Bonchev–Trinajstić information content (AvgIpc) is 1.68. The van der Waals surface area contributed by atoms with E-state index in [9.17, 15) is 0 Å². The molecule has 0 fully saturated rings. The van der Waals surface area contributed by atoms with Crippen molar-refractivity contribution in [3.63, 3.8) is 0 Å². The molecule has 0 aromatic rings. The molecule has 0 saturated carbocycles. The Hall–Kier alpha value is -0.480. The van der Waals surface area contributed by atoms with Crippen LogP contribution in [-0.2, 0) is 0 Å². The van der Waals surface area contributed by atoms with Crippen LogP contribution in [0.5, 0.6) is 0 Å². The molecule has 0 spiro atoms. The summed E-state index contributed by atoms with van der Waals surface area (Å²) in [5.74, 6) is 0. The van der Waals surface area contributed by atoms with Crippen LogP contribution in [0.25, 0.3) is 0 Å². The first-order valence-electron chi connectivity index (χ1n) is 1.81. The van der Waals surface area contributed by atoms with E-state index >= 15 is 0 Å². The number of hydrogen-bond acceptors (Lipinski definition) is 3. The molecule has 38 valence electrons. The number of nitrogens with zero attached hydrogens (tertiary/aromatic N) is 3. The second kappa shape index (κ2) is 3.70. The molecule has 2 unspecified atom stereocenters. The molecule has 3 nitrogen and oxygen atoms in total. The minimum absolute atomic E-state index is 0.308. The summed E-state index contributed by atoms with van der Waals surface area (Å²) in [5, 5.41) is 11.5. The maximum atomic E-state index is 8.05. The predicted molar refractivity (Wildman–Crippen MR) is 29.6 cm³/mol. The van der Waals surface area contributed by atoms with Gasteiger partial charge in [0.15, 0.2) is 6.04 Å². The minimum Gasteiger partial charge on any atom is -0.196 e. The molecule has 4 heteroatoms. The summed E-state index contributed by atoms with van der Waals surface area (Å²) in [4.78, 5) is 3.33. The Balaban J connectivity index is 3.42. The maximum Gasteiger partial charge on any atom is 0.154 e. The Morgan fingerprint density at radius 2 is 2.43 bits per heavy atom. The van der Waals surface area contributed by atoms with Gasteiger partial charge in [0.05, 0.1) is 6.07 Å². The normalized spacial score (nSPS) is 13.9. The van der Waals surface area contributed by atoms with Crippen LogP contribution in [0.15, 0.2) is 10.00 Å². The number of rotatable bonds is 1. The Labute approximate surface area is 44.7 Å². The van der Waals surface area contributed by atoms with Crippen molar-refractivity contribution in [2.75, 3.05) is 0 Å². The van der Waals surface area contributed by atoms with E-state index in [-0.39, 0.29) is 6.04 Å². The standard InChI is InChI=1S/C3H6N3P/c1-3(2-4)5-6-7/h3H,7H2,1H3. The van der Waals surface area contributed by atoms with Crippen molar-refractivity contribution in [3.05, 3.63) is 0 Å². The molecule has 0 rings (SSSR count). The van der Waals surface area contributed by atoms with Crippen LogP contribution in [0.3, 0.4) is 0 Å². The molecule has 0 aliphatic heterocycles. The van der Waals surface area contributed by atoms with Crippen molar-refractivity contribution in [2.24, 2.45) is 10.00 Å². The second-order valence-corrected chi connectivity index (χ2v) is 1.27. The van der Waals surface area contributed by atoms with Crippen molar-refractivity contribution in [3.8, 4) is 6.07 Å². The lowest BCUT2D eigenvalue weighted by atomic mass is 10.4. The summed E-state index contributed by atoms with van der Waals surface area (Å²) in [6.45, 7) is 1.67. The van der Waals surface area contributed by atoms with Gasteiger partial charge >= 0.3 is 0 Å². The van der Waals surface area contributed by atoms with Gasteiger partial charge in [-0.1, -0.05) is 0 Å². The van der Waals surface area contributed by atoms with E-state index in [1.807, 2.05) is 6.07 Å². The van der Waals surface area contributed by atoms with Crippen LogP contribution in [0.2, 0.25) is 0 Å². The summed E-state index contributed by atoms with van der Waals surface area (Å²) < 4.78 is 0. The van der Waals surface area contributed by atoms with E-state index in [1.165, 1.54) is 0 Å². The highest BCUT2D eigenvalue weighted by atomic mass is 31.0. The Kier molecular flexibility index (Phi) is 3.45. The van der Waals surface area contributed by atoms with Crippen molar-refractivity contribution in [2.45, 2.75) is 13.0 Å². The van der Waals surface area contributed by atoms with Crippen LogP contribution in [0, 0.1) is 11.3 Å². The molecular formula is C3H6N3P. The highest BCUT2D eigenvalue weighted by Crippen LogP contribution is 1.90. The molecular weight excluding hydrogens is 109 g/mol. The van der Waals surface area contributed by atoms with E-state index in [1.54, 1.807) is 6.92 Å². The van der Waals surface area contributed by atoms with Gasteiger partial charge < -0.3 is 0 Å². The summed E-state index contributed by atoms with van der Waals surface area (Å²) in [6, 6.07) is 1.58. The highest BCUT2D eigenvalue weighted by molar-refractivity contribution is 7.14. The first kappa shape index (κ1) is 6.52. The molecule has 2 atom stereocenters. The van der Waals surface area contributed by atoms with Crippen LogP contribution in [-0.4, -0.2) is 6.04 Å². The SMILES string of the molecule is CC(C#N)N=NP. The summed E-state index contributed by atoms with van der Waals surface area (Å²) in [7, 11) is 2.06. The van der Waals surface area contributed by atoms with E-state index < -0.39 is 0 Å². The summed E-state index contributed by atoms with van der Waals surface area (Å²) in [6.07, 6.45) is 0. The molecule has 0 amide bonds. The highest BCUT2D eigenvalue weighted by Gasteiger charge is 1.88. The molecule has 0 N–H and O–H groups in total. The lowest BCUT2D eigenvalue weighted by Crippen LogP contribution is -1.86. The van der Waals surface area contributed by atoms with Gasteiger partial charge in [-0.2, -0.15) is 15.3 Å². The monoisotopic (exact) mass is 115 g/mol. The van der Waals surface area contributed by atoms with Crippen LogP contribution in [0.4, 0.5) is 0 Å². The molecule has 0 aromatic carbocycles. The van der Waals surface area contributed by atoms with Gasteiger partial charge in [-0.3, -0.25) is 0 Å². The molecule has 0 bridgehead atoms. The van der Waals surface area contributed by atoms with E-state index in [4.69, 9.17) is 5.26 Å². The van der Waals surface area contributed by atoms with Crippen LogP contribution in [0.1, 0.15) is 6.92 Å². The Morgan fingerprint density at radius 3 is 2.57 bits per heavy atom. The Morgan fingerprint density at radius 1 is 1.86 bits per heavy atom. The lowest BCUT2D eigenvalue weighted by Gasteiger charge is -1.82. The summed E-state index contributed by atoms with van der Waals surface area (Å²) >= 11 is 0. The zero-order valence-electron chi connectivity index (χ0n) is 4.00. The van der Waals surface area contributed by atoms with Crippen LogP contribution < -0.4 is 0 Å². The maximum absolute atomic E-state index is 8.05. The smallest absolute Gasteiger partial charge is 0.154 e. The fourth-order valence-electron chi connectivity index (χ4n) is 0.126. The first-order chi connectivity index (χ1) is 3.31. The van der Waals surface area contributed by atoms with Crippen molar-refractivity contribution in [1.82, 2.24) is 0 Å². The Bertz CT molecular complexity index is 103. The van der Waals surface area contributed by atoms with Gasteiger partial charge in [-0.05, 0) is 6.92 Å². The fourth-order valence-corrected chi connectivity index (χ4v) is 0.326. The van der Waals surface area contributed by atoms with Gasteiger partial charge in [0.2, 0.25) is 0 Å². The minimum atomic E-state index is -0.308.